The number of aromatic nitrogens is 12. The molecule has 0 saturated heterocycles. The number of nitrogens with one attached hydrogen (secondary N) is 2. The normalized spacial score (nSPS) is 12.0. The minimum atomic E-state index is -1.10. The van der Waals surface area contributed by atoms with Crippen molar-refractivity contribution in [2.24, 2.45) is 0 Å². The van der Waals surface area contributed by atoms with Gasteiger partial charge in [0, 0.05) is 71.3 Å². The summed E-state index contributed by atoms with van der Waals surface area (Å²) in [7, 11) is -2.20. The minimum Gasteiger partial charge on any atom is -0.390 e. The fourth-order valence-electron chi connectivity index (χ4n) is 6.10. The zero-order chi connectivity index (χ0) is 44.0. The van der Waals surface area contributed by atoms with Gasteiger partial charge in [-0.2, -0.15) is 18.9 Å². The number of carbonyl (C=O) groups is 1. The van der Waals surface area contributed by atoms with Crippen LogP contribution in [0.4, 0.5) is 21.6 Å². The average Bonchev–Trinajstić information content (AvgIpc) is 4.07. The molecule has 0 fully saturated rings. The van der Waals surface area contributed by atoms with Crippen LogP contribution in [0.2, 0.25) is 51.4 Å². The molecule has 0 saturated carbocycles. The van der Waals surface area contributed by atoms with Gasteiger partial charge in [-0.15, -0.1) is 0 Å². The molecule has 62 heavy (non-hydrogen) atoms. The summed E-state index contributed by atoms with van der Waals surface area (Å²) in [5, 5.41) is 26.1. The maximum Gasteiger partial charge on any atom is 0.180 e. The number of hydrogen-bond acceptors (Lipinski definition) is 16. The number of aryl methyl sites for hydroxylation is 2. The van der Waals surface area contributed by atoms with E-state index in [-0.39, 0.29) is 6.61 Å². The van der Waals surface area contributed by atoms with Crippen molar-refractivity contribution in [3.05, 3.63) is 84.5 Å². The zero-order valence-electron chi connectivity index (χ0n) is 36.2. The van der Waals surface area contributed by atoms with E-state index in [1.807, 2.05) is 66.0 Å². The predicted octanol–water partition coefficient (Wildman–Crippen LogP) is 8.13. The topological polar surface area (TPSA) is 202 Å². The molecule has 8 aromatic rings. The van der Waals surface area contributed by atoms with Crippen molar-refractivity contribution in [3.63, 3.8) is 0 Å². The Morgan fingerprint density at radius 1 is 0.694 bits per heavy atom. The van der Waals surface area contributed by atoms with Crippen molar-refractivity contribution in [1.82, 2.24) is 57.0 Å². The summed E-state index contributed by atoms with van der Waals surface area (Å²) < 4.78 is 27.4. The number of ether oxygens (including phenoxy) is 2. The first-order chi connectivity index (χ1) is 29.6. The van der Waals surface area contributed by atoms with Gasteiger partial charge in [0.2, 0.25) is 0 Å². The molecule has 0 radical (unpaired) electrons. The molecule has 0 amide bonds. The Morgan fingerprint density at radius 3 is 1.61 bits per heavy atom. The third-order valence-corrected chi connectivity index (χ3v) is 14.2. The van der Waals surface area contributed by atoms with Gasteiger partial charge in [0.25, 0.3) is 0 Å². The molecule has 326 valence electrons. The highest BCUT2D eigenvalue weighted by Crippen LogP contribution is 2.29. The quantitative estimate of drug-likeness (QED) is 0.0423. The largest absolute Gasteiger partial charge is 0.390 e. The van der Waals surface area contributed by atoms with E-state index in [9.17, 15) is 9.90 Å². The van der Waals surface area contributed by atoms with E-state index in [0.29, 0.717) is 47.8 Å². The van der Waals surface area contributed by atoms with Crippen LogP contribution in [0, 0.1) is 13.8 Å². The standard InChI is InChI=1S/C20H27N7O2SSi.C20H25N7O2SSi/c2*1-14-10-27-17(15-8-22-26(11-15)13-29-5-6-31(2,3)4)9-21-20(27)19(23-14)24-18-7-16(12-28)25-30-18/h7-11,28H,5-6,12-13H2,1-4H3,(H,23,24);7-12H,5-6,13H2,1-4H3,(H,23,24). The van der Waals surface area contributed by atoms with E-state index in [1.165, 1.54) is 23.1 Å². The van der Waals surface area contributed by atoms with E-state index in [1.54, 1.807) is 27.7 Å². The van der Waals surface area contributed by atoms with Crippen molar-refractivity contribution in [2.75, 3.05) is 23.8 Å². The summed E-state index contributed by atoms with van der Waals surface area (Å²) in [4.78, 5) is 29.2. The van der Waals surface area contributed by atoms with Gasteiger partial charge < -0.3 is 25.2 Å². The highest BCUT2D eigenvalue weighted by molar-refractivity contribution is 7.10. The van der Waals surface area contributed by atoms with Gasteiger partial charge in [0.15, 0.2) is 29.2 Å². The zero-order valence-corrected chi connectivity index (χ0v) is 39.8. The molecule has 22 heteroatoms. The molecule has 0 atom stereocenters. The second-order valence-electron chi connectivity index (χ2n) is 17.2. The van der Waals surface area contributed by atoms with Gasteiger partial charge in [-0.25, -0.2) is 29.3 Å². The number of hydrogen-bond donors (Lipinski definition) is 3. The second kappa shape index (κ2) is 19.3. The molecular weight excluding hydrogens is 861 g/mol. The van der Waals surface area contributed by atoms with E-state index in [0.717, 1.165) is 75.5 Å². The summed E-state index contributed by atoms with van der Waals surface area (Å²) in [5.41, 5.74) is 7.82. The van der Waals surface area contributed by atoms with Crippen LogP contribution in [0.1, 0.15) is 27.6 Å². The number of imidazole rings is 2. The van der Waals surface area contributed by atoms with Crippen LogP contribution >= 0.6 is 23.1 Å². The van der Waals surface area contributed by atoms with Crippen molar-refractivity contribution < 1.29 is 19.4 Å². The van der Waals surface area contributed by atoms with Crippen LogP contribution in [-0.4, -0.2) is 97.8 Å². The number of aliphatic hydroxyl groups is 1. The van der Waals surface area contributed by atoms with Gasteiger partial charge in [-0.3, -0.25) is 13.6 Å². The summed E-state index contributed by atoms with van der Waals surface area (Å²) >= 11 is 2.48. The average molecular weight is 913 g/mol. The fourth-order valence-corrected chi connectivity index (χ4v) is 8.89. The Morgan fingerprint density at radius 2 is 1.18 bits per heavy atom. The third kappa shape index (κ3) is 11.5. The highest BCUT2D eigenvalue weighted by Gasteiger charge is 2.18. The molecule has 0 spiro atoms. The van der Waals surface area contributed by atoms with Crippen molar-refractivity contribution in [3.8, 4) is 22.5 Å². The lowest BCUT2D eigenvalue weighted by atomic mass is 10.3. The van der Waals surface area contributed by atoms with Gasteiger partial charge in [0.05, 0.1) is 59.9 Å². The van der Waals surface area contributed by atoms with Crippen LogP contribution in [0.15, 0.2) is 61.7 Å². The van der Waals surface area contributed by atoms with Crippen LogP contribution in [0.25, 0.3) is 33.8 Å². The molecule has 8 heterocycles. The lowest BCUT2D eigenvalue weighted by Crippen LogP contribution is -2.22. The monoisotopic (exact) mass is 912 g/mol. The molecule has 0 aromatic carbocycles. The number of rotatable bonds is 18. The van der Waals surface area contributed by atoms with Crippen LogP contribution < -0.4 is 10.6 Å². The lowest BCUT2D eigenvalue weighted by molar-refractivity contribution is 0.0785. The van der Waals surface area contributed by atoms with Crippen molar-refractivity contribution >= 4 is 78.4 Å². The molecule has 0 aliphatic rings. The Bertz CT molecular complexity index is 2760. The Kier molecular flexibility index (Phi) is 13.8. The van der Waals surface area contributed by atoms with Crippen molar-refractivity contribution in [1.29, 1.82) is 0 Å². The molecule has 8 rings (SSSR count). The summed E-state index contributed by atoms with van der Waals surface area (Å²) in [5.74, 6) is 1.25. The molecule has 3 N–H and O–H groups in total. The summed E-state index contributed by atoms with van der Waals surface area (Å²) in [6.45, 7) is 20.2. The van der Waals surface area contributed by atoms with Crippen LogP contribution in [-0.2, 0) is 29.5 Å². The first-order valence-electron chi connectivity index (χ1n) is 20.1. The minimum absolute atomic E-state index is 0.0891. The first kappa shape index (κ1) is 44.6. The van der Waals surface area contributed by atoms with Gasteiger partial charge >= 0.3 is 0 Å². The van der Waals surface area contributed by atoms with Gasteiger partial charge in [-0.1, -0.05) is 39.3 Å². The van der Waals surface area contributed by atoms with Gasteiger partial charge in [-0.05, 0) is 55.1 Å². The second-order valence-corrected chi connectivity index (χ2v) is 30.0. The number of anilines is 4. The molecule has 0 unspecified atom stereocenters. The summed E-state index contributed by atoms with van der Waals surface area (Å²) in [6.07, 6.45) is 15.8. The molecule has 0 aliphatic carbocycles. The highest BCUT2D eigenvalue weighted by atomic mass is 32.1. The number of aldehydes is 1. The smallest absolute Gasteiger partial charge is 0.180 e. The summed E-state index contributed by atoms with van der Waals surface area (Å²) in [6, 6.07) is 5.76. The Hall–Kier alpha value is -5.50. The number of carbonyl (C=O) groups excluding carboxylic acids is 1. The molecule has 18 nitrogen and oxygen atoms in total. The van der Waals surface area contributed by atoms with Crippen LogP contribution in [0.5, 0.6) is 0 Å². The third-order valence-electron chi connectivity index (χ3n) is 9.38. The van der Waals surface area contributed by atoms with Crippen LogP contribution in [0.3, 0.4) is 0 Å². The maximum absolute atomic E-state index is 10.9. The van der Waals surface area contributed by atoms with E-state index in [2.05, 4.69) is 88.8 Å². The Balaban J connectivity index is 0.000000186. The molecule has 8 aromatic heterocycles. The molecule has 0 aliphatic heterocycles. The predicted molar refractivity (Wildman–Crippen MR) is 248 cm³/mol. The maximum atomic E-state index is 10.9. The number of aliphatic hydroxyl groups excluding tert-OH is 1. The SMILES string of the molecule is Cc1cn2c(-c3cnn(COCC[Si](C)(C)C)c3)cnc2c(Nc2cc(C=O)ns2)n1.Cc1cn2c(-c3cnn(COCC[Si](C)(C)C)c3)cnc2c(Nc2cc(CO)ns2)n1. The fraction of sp³-hybridized carbons (Fsp3) is 0.375. The number of nitrogens with zero attached hydrogens (tertiary/aromatic N) is 12. The number of fused-ring (bicyclic) bond motifs is 2. The van der Waals surface area contributed by atoms with Crippen molar-refractivity contribution in [2.45, 2.75) is 85.3 Å². The van der Waals surface area contributed by atoms with E-state index in [4.69, 9.17) is 9.47 Å². The van der Waals surface area contributed by atoms with E-state index < -0.39 is 16.1 Å². The first-order valence-corrected chi connectivity index (χ1v) is 29.0. The Labute approximate surface area is 369 Å². The molecule has 0 bridgehead atoms. The van der Waals surface area contributed by atoms with E-state index >= 15 is 0 Å². The van der Waals surface area contributed by atoms with Gasteiger partial charge in [0.1, 0.15) is 29.2 Å². The lowest BCUT2D eigenvalue weighted by Gasteiger charge is -2.15. The molecular formula is C40H52N14O4S2Si2.